The highest BCUT2D eigenvalue weighted by atomic mass is 35.5. The number of carboxylic acid groups (broad SMARTS) is 1. The van der Waals surface area contributed by atoms with E-state index < -0.39 is 23.6 Å². The zero-order valence-electron chi connectivity index (χ0n) is 8.27. The summed E-state index contributed by atoms with van der Waals surface area (Å²) in [6.07, 6.45) is 1.45. The number of nitrogens with one attached hydrogen (secondary N) is 1. The van der Waals surface area contributed by atoms with Gasteiger partial charge < -0.3 is 9.84 Å². The Kier molecular flexibility index (Phi) is 4.51. The molecule has 0 aliphatic heterocycles. The molecule has 0 aliphatic carbocycles. The maximum absolute atomic E-state index is 10.8. The summed E-state index contributed by atoms with van der Waals surface area (Å²) >= 11 is 5.73. The Morgan fingerprint density at radius 2 is 2.38 bits per heavy atom. The minimum atomic E-state index is -1.25. The van der Waals surface area contributed by atoms with Gasteiger partial charge in [-0.15, -0.1) is 0 Å². The van der Waals surface area contributed by atoms with E-state index in [4.69, 9.17) is 21.4 Å². The molecule has 1 atom stereocenters. The number of hydrogen-bond acceptors (Lipinski definition) is 4. The lowest BCUT2D eigenvalue weighted by Gasteiger charge is -2.06. The molecular weight excluding hydrogens is 256 g/mol. The van der Waals surface area contributed by atoms with Crippen molar-refractivity contribution in [3.8, 4) is 5.75 Å². The van der Waals surface area contributed by atoms with E-state index in [1.54, 1.807) is 0 Å². The van der Waals surface area contributed by atoms with Crippen LogP contribution in [0.15, 0.2) is 12.1 Å². The van der Waals surface area contributed by atoms with E-state index in [0.29, 0.717) is 5.82 Å². The summed E-state index contributed by atoms with van der Waals surface area (Å²) < 4.78 is 18.2. The second-order valence-corrected chi connectivity index (χ2v) is 4.19. The van der Waals surface area contributed by atoms with Crippen LogP contribution >= 0.6 is 11.6 Å². The van der Waals surface area contributed by atoms with Crippen LogP contribution in [0.2, 0.25) is 5.15 Å². The zero-order chi connectivity index (χ0) is 12.1. The van der Waals surface area contributed by atoms with Crippen molar-refractivity contribution in [1.29, 1.82) is 0 Å². The lowest BCUT2D eigenvalue weighted by molar-refractivity contribution is -0.139. The number of hydrogen-bond donors (Lipinski definition) is 2. The van der Waals surface area contributed by atoms with Crippen LogP contribution in [0.4, 0.5) is 5.82 Å². The summed E-state index contributed by atoms with van der Waals surface area (Å²) in [6.45, 7) is -0.492. The van der Waals surface area contributed by atoms with Crippen LogP contribution < -0.4 is 9.46 Å². The fourth-order valence-electron chi connectivity index (χ4n) is 0.873. The van der Waals surface area contributed by atoms with E-state index in [9.17, 15) is 9.00 Å². The molecule has 1 aromatic rings. The van der Waals surface area contributed by atoms with Gasteiger partial charge in [0, 0.05) is 6.26 Å². The number of anilines is 1. The van der Waals surface area contributed by atoms with Crippen molar-refractivity contribution in [2.75, 3.05) is 17.6 Å². The van der Waals surface area contributed by atoms with Crippen molar-refractivity contribution in [2.24, 2.45) is 0 Å². The van der Waals surface area contributed by atoms with Crippen molar-refractivity contribution < 1.29 is 18.8 Å². The van der Waals surface area contributed by atoms with Crippen LogP contribution in [0.1, 0.15) is 0 Å². The molecular formula is C8H9ClN2O4S. The summed E-state index contributed by atoms with van der Waals surface area (Å²) in [5.41, 5.74) is 0. The van der Waals surface area contributed by atoms with Gasteiger partial charge in [0.1, 0.15) is 16.8 Å². The fraction of sp³-hybridized carbons (Fsp3) is 0.250. The highest BCUT2D eigenvalue weighted by Gasteiger charge is 2.07. The first kappa shape index (κ1) is 12.7. The lowest BCUT2D eigenvalue weighted by atomic mass is 10.4. The predicted molar refractivity (Wildman–Crippen MR) is 60.1 cm³/mol. The number of nitrogens with zero attached hydrogens (tertiary/aromatic N) is 1. The van der Waals surface area contributed by atoms with E-state index in [0.717, 1.165) is 0 Å². The van der Waals surface area contributed by atoms with Crippen LogP contribution in [-0.2, 0) is 15.8 Å². The molecule has 0 aromatic carbocycles. The van der Waals surface area contributed by atoms with Crippen molar-refractivity contribution in [1.82, 2.24) is 4.98 Å². The van der Waals surface area contributed by atoms with Gasteiger partial charge >= 0.3 is 5.97 Å². The number of halogens is 1. The van der Waals surface area contributed by atoms with Gasteiger partial charge in [-0.1, -0.05) is 11.6 Å². The standard InChI is InChI=1S/C8H9ClN2O4S/c1-16(14)11-6-3-2-5(8(9)10-6)15-4-7(12)13/h2-3H,4H2,1H3,(H,10,11)(H,12,13). The topological polar surface area (TPSA) is 88.5 Å². The Labute approximate surface area is 99.2 Å². The van der Waals surface area contributed by atoms with Crippen molar-refractivity contribution in [3.05, 3.63) is 17.3 Å². The quantitative estimate of drug-likeness (QED) is 0.772. The molecule has 2 N–H and O–H groups in total. The molecule has 0 saturated carbocycles. The Morgan fingerprint density at radius 1 is 1.69 bits per heavy atom. The molecule has 8 heteroatoms. The molecule has 0 saturated heterocycles. The van der Waals surface area contributed by atoms with Gasteiger partial charge in [-0.05, 0) is 12.1 Å². The van der Waals surface area contributed by atoms with Gasteiger partial charge in [0.2, 0.25) is 0 Å². The van der Waals surface area contributed by atoms with E-state index in [-0.39, 0.29) is 10.9 Å². The molecule has 88 valence electrons. The van der Waals surface area contributed by atoms with Gasteiger partial charge in [0.25, 0.3) is 0 Å². The SMILES string of the molecule is CS(=O)Nc1ccc(OCC(=O)O)c(Cl)n1. The molecule has 1 aromatic heterocycles. The first-order valence-electron chi connectivity index (χ1n) is 4.10. The minimum absolute atomic E-state index is 0.0108. The summed E-state index contributed by atoms with van der Waals surface area (Å²) in [6, 6.07) is 2.94. The summed E-state index contributed by atoms with van der Waals surface area (Å²) in [4.78, 5) is 14.1. The number of aromatic nitrogens is 1. The van der Waals surface area contributed by atoms with Gasteiger partial charge in [-0.2, -0.15) is 0 Å². The number of ether oxygens (including phenoxy) is 1. The Hall–Kier alpha value is -1.34. The first-order valence-corrected chi connectivity index (χ1v) is 6.04. The molecule has 0 amide bonds. The van der Waals surface area contributed by atoms with E-state index in [1.807, 2.05) is 0 Å². The number of aliphatic carboxylic acids is 1. The molecule has 1 heterocycles. The Bertz CT molecular complexity index is 426. The molecule has 0 bridgehead atoms. The molecule has 0 radical (unpaired) electrons. The lowest BCUT2D eigenvalue weighted by Crippen LogP contribution is -2.10. The third-order valence-electron chi connectivity index (χ3n) is 1.41. The maximum atomic E-state index is 10.8. The summed E-state index contributed by atoms with van der Waals surface area (Å²) in [5.74, 6) is -0.613. The van der Waals surface area contributed by atoms with Crippen LogP contribution in [-0.4, -0.2) is 33.1 Å². The predicted octanol–water partition coefficient (Wildman–Crippen LogP) is 0.904. The largest absolute Gasteiger partial charge is 0.479 e. The van der Waals surface area contributed by atoms with E-state index in [2.05, 4.69) is 9.71 Å². The van der Waals surface area contributed by atoms with Gasteiger partial charge in [0.05, 0.1) is 0 Å². The number of pyridine rings is 1. The highest BCUT2D eigenvalue weighted by molar-refractivity contribution is 7.85. The third-order valence-corrected chi connectivity index (χ3v) is 2.18. The average Bonchev–Trinajstić information content (AvgIpc) is 2.15. The maximum Gasteiger partial charge on any atom is 0.341 e. The number of rotatable bonds is 5. The molecule has 6 nitrogen and oxygen atoms in total. The molecule has 1 unspecified atom stereocenters. The summed E-state index contributed by atoms with van der Waals surface area (Å²) in [5, 5.41) is 8.41. The van der Waals surface area contributed by atoms with Crippen molar-refractivity contribution >= 4 is 34.4 Å². The van der Waals surface area contributed by atoms with Crippen molar-refractivity contribution in [2.45, 2.75) is 0 Å². The second-order valence-electron chi connectivity index (χ2n) is 2.72. The Morgan fingerprint density at radius 3 is 2.88 bits per heavy atom. The first-order chi connectivity index (χ1) is 7.49. The fourth-order valence-corrected chi connectivity index (χ4v) is 1.49. The van der Waals surface area contributed by atoms with E-state index >= 15 is 0 Å². The summed E-state index contributed by atoms with van der Waals surface area (Å²) in [7, 11) is -1.25. The molecule has 0 fully saturated rings. The molecule has 1 rings (SSSR count). The second kappa shape index (κ2) is 5.66. The zero-order valence-corrected chi connectivity index (χ0v) is 9.84. The number of carboxylic acids is 1. The van der Waals surface area contributed by atoms with Crippen LogP contribution in [0, 0.1) is 0 Å². The highest BCUT2D eigenvalue weighted by Crippen LogP contribution is 2.23. The third kappa shape index (κ3) is 4.03. The van der Waals surface area contributed by atoms with Crippen molar-refractivity contribution in [3.63, 3.8) is 0 Å². The van der Waals surface area contributed by atoms with Gasteiger partial charge in [0.15, 0.2) is 17.5 Å². The molecule has 0 aliphatic rings. The van der Waals surface area contributed by atoms with Crippen LogP contribution in [0.25, 0.3) is 0 Å². The van der Waals surface area contributed by atoms with Gasteiger partial charge in [-0.3, -0.25) is 4.72 Å². The Balaban J connectivity index is 2.75. The normalized spacial score (nSPS) is 11.9. The monoisotopic (exact) mass is 264 g/mol. The average molecular weight is 265 g/mol. The van der Waals surface area contributed by atoms with Crippen LogP contribution in [0.5, 0.6) is 5.75 Å². The minimum Gasteiger partial charge on any atom is -0.479 e. The van der Waals surface area contributed by atoms with E-state index in [1.165, 1.54) is 18.4 Å². The van der Waals surface area contributed by atoms with Crippen LogP contribution in [0.3, 0.4) is 0 Å². The smallest absolute Gasteiger partial charge is 0.341 e. The number of carbonyl (C=O) groups is 1. The molecule has 0 spiro atoms. The molecule has 16 heavy (non-hydrogen) atoms. The van der Waals surface area contributed by atoms with Gasteiger partial charge in [-0.25, -0.2) is 14.0 Å².